The van der Waals surface area contributed by atoms with Gasteiger partial charge in [0.15, 0.2) is 16.3 Å². The fourth-order valence-electron chi connectivity index (χ4n) is 3.55. The van der Waals surface area contributed by atoms with Gasteiger partial charge in [-0.3, -0.25) is 0 Å². The Kier molecular flexibility index (Phi) is 5.97. The minimum absolute atomic E-state index is 0.406. The maximum absolute atomic E-state index is 6.28. The van der Waals surface area contributed by atoms with Crippen molar-refractivity contribution in [1.29, 1.82) is 0 Å². The van der Waals surface area contributed by atoms with Gasteiger partial charge in [-0.05, 0) is 48.9 Å². The van der Waals surface area contributed by atoms with E-state index in [9.17, 15) is 0 Å². The van der Waals surface area contributed by atoms with Crippen molar-refractivity contribution in [2.75, 3.05) is 19.5 Å². The van der Waals surface area contributed by atoms with Crippen LogP contribution in [0.5, 0.6) is 11.5 Å². The van der Waals surface area contributed by atoms with E-state index in [-0.39, 0.29) is 0 Å². The normalized spacial score (nSPS) is 11.6. The lowest BCUT2D eigenvalue weighted by atomic mass is 10.2. The first kappa shape index (κ1) is 21.7. The number of ether oxygens (including phenoxy) is 2. The number of benzene rings is 3. The fraction of sp³-hybridized carbons (Fsp3) is 0.115. The standard InChI is InChI=1S/C26H22N4O3S/c1-16-7-4-9-18(13-16)28-26-30-29-25(34-26)21-14-17-8-5-12-22(32-3)23(17)33-24(21)27-19-10-6-11-20(15-19)31-2/h4-15H,1-3H3,(H,28,30). The molecule has 5 aromatic rings. The third-order valence-electron chi connectivity index (χ3n) is 5.17. The quantitative estimate of drug-likeness (QED) is 0.316. The molecular formula is C26H22N4O3S. The van der Waals surface area contributed by atoms with Crippen LogP contribution in [0.3, 0.4) is 0 Å². The number of hydrogen-bond acceptors (Lipinski definition) is 8. The number of aryl methyl sites for hydroxylation is 1. The number of hydrogen-bond donors (Lipinski definition) is 1. The molecule has 0 saturated carbocycles. The highest BCUT2D eigenvalue weighted by molar-refractivity contribution is 7.18. The van der Waals surface area contributed by atoms with Crippen LogP contribution >= 0.6 is 11.3 Å². The van der Waals surface area contributed by atoms with E-state index in [0.29, 0.717) is 38.5 Å². The maximum atomic E-state index is 6.28. The summed E-state index contributed by atoms with van der Waals surface area (Å²) < 4.78 is 17.1. The zero-order chi connectivity index (χ0) is 23.5. The number of methoxy groups -OCH3 is 2. The van der Waals surface area contributed by atoms with Crippen molar-refractivity contribution in [1.82, 2.24) is 10.2 Å². The predicted molar refractivity (Wildman–Crippen MR) is 134 cm³/mol. The Morgan fingerprint density at radius 2 is 1.76 bits per heavy atom. The van der Waals surface area contributed by atoms with Crippen molar-refractivity contribution >= 4 is 38.8 Å². The number of nitrogens with one attached hydrogen (secondary N) is 1. The van der Waals surface area contributed by atoms with E-state index in [4.69, 9.17) is 18.9 Å². The molecular weight excluding hydrogens is 448 g/mol. The Balaban J connectivity index is 1.64. The van der Waals surface area contributed by atoms with Crippen molar-refractivity contribution in [2.45, 2.75) is 6.92 Å². The number of aromatic nitrogens is 2. The van der Waals surface area contributed by atoms with Gasteiger partial charge in [0.05, 0.1) is 25.5 Å². The van der Waals surface area contributed by atoms with E-state index < -0.39 is 0 Å². The average molecular weight is 471 g/mol. The van der Waals surface area contributed by atoms with Crippen LogP contribution in [-0.4, -0.2) is 24.4 Å². The molecule has 5 rings (SSSR count). The number of rotatable bonds is 6. The first-order valence-electron chi connectivity index (χ1n) is 10.6. The highest BCUT2D eigenvalue weighted by Crippen LogP contribution is 2.31. The largest absolute Gasteiger partial charge is 0.497 e. The molecule has 8 heteroatoms. The molecule has 0 spiro atoms. The van der Waals surface area contributed by atoms with Crippen molar-refractivity contribution in [2.24, 2.45) is 4.99 Å². The Labute approximate surface area is 200 Å². The number of anilines is 2. The summed E-state index contributed by atoms with van der Waals surface area (Å²) in [5.41, 5.74) is 4.56. The zero-order valence-corrected chi connectivity index (χ0v) is 19.7. The summed E-state index contributed by atoms with van der Waals surface area (Å²) in [6.45, 7) is 2.05. The molecule has 0 aliphatic carbocycles. The van der Waals surface area contributed by atoms with Gasteiger partial charge in [0.25, 0.3) is 0 Å². The van der Waals surface area contributed by atoms with Gasteiger partial charge in [0, 0.05) is 17.1 Å². The smallest absolute Gasteiger partial charge is 0.230 e. The number of para-hydroxylation sites is 1. The van der Waals surface area contributed by atoms with Crippen LogP contribution in [0, 0.1) is 6.92 Å². The van der Waals surface area contributed by atoms with E-state index >= 15 is 0 Å². The summed E-state index contributed by atoms with van der Waals surface area (Å²) in [6, 6.07) is 23.3. The second kappa shape index (κ2) is 9.36. The first-order chi connectivity index (χ1) is 16.6. The van der Waals surface area contributed by atoms with Crippen LogP contribution in [0.4, 0.5) is 16.5 Å². The van der Waals surface area contributed by atoms with Crippen molar-refractivity contribution in [3.05, 3.63) is 83.9 Å². The summed E-state index contributed by atoms with van der Waals surface area (Å²) in [6.07, 6.45) is 0. The summed E-state index contributed by atoms with van der Waals surface area (Å²) in [7, 11) is 3.24. The Morgan fingerprint density at radius 3 is 2.59 bits per heavy atom. The zero-order valence-electron chi connectivity index (χ0n) is 18.9. The van der Waals surface area contributed by atoms with Crippen molar-refractivity contribution in [3.8, 4) is 22.1 Å². The van der Waals surface area contributed by atoms with Gasteiger partial charge in [0.2, 0.25) is 10.7 Å². The molecule has 1 N–H and O–H groups in total. The lowest BCUT2D eigenvalue weighted by Crippen LogP contribution is -2.06. The van der Waals surface area contributed by atoms with E-state index in [1.165, 1.54) is 11.3 Å². The second-order valence-electron chi connectivity index (χ2n) is 7.56. The summed E-state index contributed by atoms with van der Waals surface area (Å²) in [5, 5.41) is 14.3. The molecule has 0 unspecified atom stereocenters. The molecule has 0 aliphatic rings. The summed E-state index contributed by atoms with van der Waals surface area (Å²) in [4.78, 5) is 4.77. The van der Waals surface area contributed by atoms with Crippen LogP contribution in [0.1, 0.15) is 5.56 Å². The molecule has 3 aromatic carbocycles. The van der Waals surface area contributed by atoms with Crippen LogP contribution in [0.15, 0.2) is 82.2 Å². The van der Waals surface area contributed by atoms with Gasteiger partial charge in [-0.1, -0.05) is 41.7 Å². The molecule has 0 amide bonds. The summed E-state index contributed by atoms with van der Waals surface area (Å²) in [5.74, 6) is 1.34. The van der Waals surface area contributed by atoms with E-state index in [1.807, 2.05) is 73.7 Å². The van der Waals surface area contributed by atoms with E-state index in [1.54, 1.807) is 14.2 Å². The fourth-order valence-corrected chi connectivity index (χ4v) is 4.32. The molecule has 0 bridgehead atoms. The lowest BCUT2D eigenvalue weighted by molar-refractivity contribution is 0.406. The molecule has 0 saturated heterocycles. The lowest BCUT2D eigenvalue weighted by Gasteiger charge is -2.06. The Morgan fingerprint density at radius 1 is 0.912 bits per heavy atom. The van der Waals surface area contributed by atoms with Crippen LogP contribution in [0.25, 0.3) is 21.5 Å². The van der Waals surface area contributed by atoms with Crippen molar-refractivity contribution in [3.63, 3.8) is 0 Å². The van der Waals surface area contributed by atoms with Gasteiger partial charge in [-0.25, -0.2) is 4.99 Å². The first-order valence-corrected chi connectivity index (χ1v) is 11.4. The minimum atomic E-state index is 0.406. The van der Waals surface area contributed by atoms with E-state index in [2.05, 4.69) is 21.6 Å². The highest BCUT2D eigenvalue weighted by Gasteiger charge is 2.15. The highest BCUT2D eigenvalue weighted by atomic mass is 32.1. The van der Waals surface area contributed by atoms with Crippen LogP contribution < -0.4 is 20.3 Å². The molecule has 0 aliphatic heterocycles. The minimum Gasteiger partial charge on any atom is -0.497 e. The average Bonchev–Trinajstić information content (AvgIpc) is 3.31. The Hall–Kier alpha value is -4.17. The van der Waals surface area contributed by atoms with Gasteiger partial charge in [-0.2, -0.15) is 0 Å². The molecule has 7 nitrogen and oxygen atoms in total. The monoisotopic (exact) mass is 470 g/mol. The molecule has 34 heavy (non-hydrogen) atoms. The molecule has 170 valence electrons. The van der Waals surface area contributed by atoms with Gasteiger partial charge in [0.1, 0.15) is 5.75 Å². The molecule has 0 fully saturated rings. The Bertz CT molecular complexity index is 1540. The second-order valence-corrected chi connectivity index (χ2v) is 8.54. The third kappa shape index (κ3) is 4.49. The molecule has 0 radical (unpaired) electrons. The topological polar surface area (TPSA) is 81.8 Å². The molecule has 0 atom stereocenters. The number of nitrogens with zero attached hydrogens (tertiary/aromatic N) is 3. The number of fused-ring (bicyclic) bond motifs is 1. The summed E-state index contributed by atoms with van der Waals surface area (Å²) >= 11 is 1.43. The SMILES string of the molecule is COc1cccc(N=c2oc3c(OC)cccc3cc2-c2nnc(Nc3cccc(C)c3)s2)c1. The van der Waals surface area contributed by atoms with Gasteiger partial charge in [-0.15, -0.1) is 10.2 Å². The van der Waals surface area contributed by atoms with Crippen LogP contribution in [0.2, 0.25) is 0 Å². The van der Waals surface area contributed by atoms with E-state index in [0.717, 1.165) is 22.2 Å². The van der Waals surface area contributed by atoms with Crippen LogP contribution in [-0.2, 0) is 0 Å². The molecule has 2 aromatic heterocycles. The third-order valence-corrected chi connectivity index (χ3v) is 6.04. The predicted octanol–water partition coefficient (Wildman–Crippen LogP) is 6.25. The molecule has 2 heterocycles. The van der Waals surface area contributed by atoms with Gasteiger partial charge < -0.3 is 19.2 Å². The van der Waals surface area contributed by atoms with Crippen molar-refractivity contribution < 1.29 is 13.9 Å². The van der Waals surface area contributed by atoms with Gasteiger partial charge >= 0.3 is 0 Å². The maximum Gasteiger partial charge on any atom is 0.230 e.